The number of ether oxygens (including phenoxy) is 2. The van der Waals surface area contributed by atoms with Crippen LogP contribution in [0.1, 0.15) is 23.7 Å². The normalized spacial score (nSPS) is 12.9. The number of Topliss-reactive ketones (excluding diaryl/α,β-unsaturated/α-hetero) is 1. The van der Waals surface area contributed by atoms with E-state index in [9.17, 15) is 18.0 Å². The lowest BCUT2D eigenvalue weighted by atomic mass is 10.00. The van der Waals surface area contributed by atoms with Crippen molar-refractivity contribution >= 4 is 49.4 Å². The Morgan fingerprint density at radius 3 is 2.70 bits per heavy atom. The SMILES string of the molecule is COCC(C)CC(=O)c1ccc2c(c1)nc(Nc1nc3ccc(OC(F)(F)F)cc3s1)n2C. The number of imidazole rings is 1. The third kappa shape index (κ3) is 5.25. The Bertz CT molecular complexity index is 1320. The molecule has 0 radical (unpaired) electrons. The zero-order valence-corrected chi connectivity index (χ0v) is 18.9. The van der Waals surface area contributed by atoms with Gasteiger partial charge >= 0.3 is 6.36 Å². The first-order chi connectivity index (χ1) is 15.6. The van der Waals surface area contributed by atoms with E-state index in [1.807, 2.05) is 24.6 Å². The standard InChI is InChI=1S/C22H21F3N4O3S/c1-12(11-31-3)8-18(30)13-4-7-17-16(9-13)26-20(29(17)2)28-21-27-15-6-5-14(10-19(15)33-21)32-22(23,24)25/h4-7,9-10,12H,8,11H2,1-3H3,(H,26,27,28). The second-order valence-corrected chi connectivity index (χ2v) is 8.74. The Morgan fingerprint density at radius 1 is 1.18 bits per heavy atom. The summed E-state index contributed by atoms with van der Waals surface area (Å²) in [6.07, 6.45) is -4.38. The average Bonchev–Trinajstić information content (AvgIpc) is 3.26. The van der Waals surface area contributed by atoms with Crippen LogP contribution in [0.15, 0.2) is 36.4 Å². The van der Waals surface area contributed by atoms with Crippen LogP contribution >= 0.6 is 11.3 Å². The number of hydrogen-bond donors (Lipinski definition) is 1. The minimum Gasteiger partial charge on any atom is -0.406 e. The van der Waals surface area contributed by atoms with Crippen LogP contribution in [0.2, 0.25) is 0 Å². The summed E-state index contributed by atoms with van der Waals surface area (Å²) in [5.41, 5.74) is 2.58. The number of aromatic nitrogens is 3. The molecule has 4 rings (SSSR count). The van der Waals surface area contributed by atoms with Gasteiger partial charge < -0.3 is 19.4 Å². The number of anilines is 2. The van der Waals surface area contributed by atoms with Crippen LogP contribution in [0, 0.1) is 5.92 Å². The Balaban J connectivity index is 1.56. The molecule has 2 aromatic carbocycles. The smallest absolute Gasteiger partial charge is 0.406 e. The van der Waals surface area contributed by atoms with Gasteiger partial charge in [-0.15, -0.1) is 13.2 Å². The van der Waals surface area contributed by atoms with E-state index in [-0.39, 0.29) is 17.5 Å². The summed E-state index contributed by atoms with van der Waals surface area (Å²) in [5.74, 6) is 0.322. The van der Waals surface area contributed by atoms with Crippen molar-refractivity contribution in [3.63, 3.8) is 0 Å². The first-order valence-corrected chi connectivity index (χ1v) is 10.9. The van der Waals surface area contributed by atoms with Crippen LogP contribution < -0.4 is 10.1 Å². The molecular formula is C22H21F3N4O3S. The quantitative estimate of drug-likeness (QED) is 0.328. The first-order valence-electron chi connectivity index (χ1n) is 10.0. The van der Waals surface area contributed by atoms with Gasteiger partial charge in [0.25, 0.3) is 0 Å². The summed E-state index contributed by atoms with van der Waals surface area (Å²) < 4.78 is 48.8. The van der Waals surface area contributed by atoms with Crippen molar-refractivity contribution < 1.29 is 27.4 Å². The number of methoxy groups -OCH3 is 1. The van der Waals surface area contributed by atoms with Crippen molar-refractivity contribution in [2.75, 3.05) is 19.0 Å². The first kappa shape index (κ1) is 23.0. The van der Waals surface area contributed by atoms with Crippen molar-refractivity contribution in [1.29, 1.82) is 0 Å². The molecular weight excluding hydrogens is 457 g/mol. The second kappa shape index (κ2) is 8.99. The van der Waals surface area contributed by atoms with Crippen LogP contribution in [0.4, 0.5) is 24.3 Å². The molecule has 0 aliphatic heterocycles. The van der Waals surface area contributed by atoms with E-state index in [2.05, 4.69) is 20.0 Å². The molecule has 0 saturated carbocycles. The minimum atomic E-state index is -4.76. The lowest BCUT2D eigenvalue weighted by Crippen LogP contribution is -2.16. The molecule has 0 amide bonds. The van der Waals surface area contributed by atoms with E-state index in [1.165, 1.54) is 29.5 Å². The molecule has 0 saturated heterocycles. The van der Waals surface area contributed by atoms with Crippen molar-refractivity contribution in [1.82, 2.24) is 14.5 Å². The molecule has 174 valence electrons. The Morgan fingerprint density at radius 2 is 1.97 bits per heavy atom. The molecule has 1 N–H and O–H groups in total. The number of nitrogens with zero attached hydrogens (tertiary/aromatic N) is 3. The third-order valence-electron chi connectivity index (χ3n) is 5.00. The molecule has 1 atom stereocenters. The summed E-state index contributed by atoms with van der Waals surface area (Å²) in [6, 6.07) is 9.34. The summed E-state index contributed by atoms with van der Waals surface area (Å²) >= 11 is 1.18. The maximum Gasteiger partial charge on any atom is 0.573 e. The average molecular weight is 478 g/mol. The fourth-order valence-electron chi connectivity index (χ4n) is 3.51. The van der Waals surface area contributed by atoms with Crippen molar-refractivity contribution in [2.45, 2.75) is 19.7 Å². The molecule has 0 bridgehead atoms. The molecule has 11 heteroatoms. The monoisotopic (exact) mass is 478 g/mol. The molecule has 0 aliphatic carbocycles. The van der Waals surface area contributed by atoms with Crippen LogP contribution in [-0.4, -0.2) is 40.4 Å². The Kier molecular flexibility index (Phi) is 6.26. The molecule has 1 unspecified atom stereocenters. The van der Waals surface area contributed by atoms with Crippen molar-refractivity contribution in [3.05, 3.63) is 42.0 Å². The van der Waals surface area contributed by atoms with Crippen LogP contribution in [0.5, 0.6) is 5.75 Å². The van der Waals surface area contributed by atoms with E-state index in [4.69, 9.17) is 4.74 Å². The Labute approximate surface area is 191 Å². The number of carbonyl (C=O) groups excluding carboxylic acids is 1. The minimum absolute atomic E-state index is 0.0182. The number of benzene rings is 2. The molecule has 0 spiro atoms. The number of ketones is 1. The third-order valence-corrected chi connectivity index (χ3v) is 5.93. The van der Waals surface area contributed by atoms with Crippen molar-refractivity contribution in [3.8, 4) is 5.75 Å². The number of fused-ring (bicyclic) bond motifs is 2. The van der Waals surface area contributed by atoms with E-state index in [0.717, 1.165) is 5.52 Å². The maximum atomic E-state index is 12.6. The van der Waals surface area contributed by atoms with Gasteiger partial charge in [-0.1, -0.05) is 18.3 Å². The van der Waals surface area contributed by atoms with Gasteiger partial charge in [0, 0.05) is 38.8 Å². The molecule has 0 aliphatic rings. The summed E-state index contributed by atoms with van der Waals surface area (Å²) in [4.78, 5) is 21.5. The molecule has 33 heavy (non-hydrogen) atoms. The molecule has 0 fully saturated rings. The highest BCUT2D eigenvalue weighted by Gasteiger charge is 2.31. The summed E-state index contributed by atoms with van der Waals surface area (Å²) in [6.45, 7) is 2.47. The zero-order chi connectivity index (χ0) is 23.8. The lowest BCUT2D eigenvalue weighted by molar-refractivity contribution is -0.274. The van der Waals surface area contributed by atoms with E-state index < -0.39 is 6.36 Å². The lowest BCUT2D eigenvalue weighted by Gasteiger charge is -2.09. The van der Waals surface area contributed by atoms with Crippen molar-refractivity contribution in [2.24, 2.45) is 13.0 Å². The van der Waals surface area contributed by atoms with Gasteiger partial charge in [0.1, 0.15) is 5.75 Å². The number of thiazole rings is 1. The highest BCUT2D eigenvalue weighted by atomic mass is 32.1. The number of carbonyl (C=O) groups is 1. The van der Waals surface area contributed by atoms with Gasteiger partial charge in [-0.05, 0) is 36.2 Å². The second-order valence-electron chi connectivity index (χ2n) is 7.71. The van der Waals surface area contributed by atoms with Gasteiger partial charge in [0.15, 0.2) is 10.9 Å². The number of halogens is 3. The molecule has 4 aromatic rings. The van der Waals surface area contributed by atoms with Gasteiger partial charge in [-0.25, -0.2) is 9.97 Å². The van der Waals surface area contributed by atoms with Crippen LogP contribution in [0.3, 0.4) is 0 Å². The van der Waals surface area contributed by atoms with Gasteiger partial charge in [0.2, 0.25) is 5.95 Å². The van der Waals surface area contributed by atoms with E-state index in [0.29, 0.717) is 45.4 Å². The summed E-state index contributed by atoms with van der Waals surface area (Å²) in [5, 5.41) is 3.58. The fraction of sp³-hybridized carbons (Fsp3) is 0.318. The fourth-order valence-corrected chi connectivity index (χ4v) is 4.40. The Hall–Kier alpha value is -3.18. The van der Waals surface area contributed by atoms with Gasteiger partial charge in [-0.2, -0.15) is 0 Å². The number of rotatable bonds is 8. The largest absolute Gasteiger partial charge is 0.573 e. The highest BCUT2D eigenvalue weighted by Crippen LogP contribution is 2.33. The predicted octanol–water partition coefficient (Wildman–Crippen LogP) is 5.68. The van der Waals surface area contributed by atoms with E-state index in [1.54, 1.807) is 19.2 Å². The number of aryl methyl sites for hydroxylation is 1. The zero-order valence-electron chi connectivity index (χ0n) is 18.1. The van der Waals surface area contributed by atoms with Crippen LogP contribution in [-0.2, 0) is 11.8 Å². The molecule has 2 aromatic heterocycles. The molecule has 2 heterocycles. The predicted molar refractivity (Wildman–Crippen MR) is 120 cm³/mol. The van der Waals surface area contributed by atoms with Gasteiger partial charge in [-0.3, -0.25) is 4.79 Å². The number of nitrogens with one attached hydrogen (secondary N) is 1. The highest BCUT2D eigenvalue weighted by molar-refractivity contribution is 7.22. The van der Waals surface area contributed by atoms with Crippen LogP contribution in [0.25, 0.3) is 21.3 Å². The summed E-state index contributed by atoms with van der Waals surface area (Å²) in [7, 11) is 3.43. The number of alkyl halides is 3. The van der Waals surface area contributed by atoms with E-state index >= 15 is 0 Å². The molecule has 7 nitrogen and oxygen atoms in total. The maximum absolute atomic E-state index is 12.6. The topological polar surface area (TPSA) is 78.3 Å². The number of hydrogen-bond acceptors (Lipinski definition) is 7. The van der Waals surface area contributed by atoms with Gasteiger partial charge in [0.05, 0.1) is 21.3 Å².